The van der Waals surface area contributed by atoms with Crippen molar-refractivity contribution in [1.29, 1.82) is 0 Å². The van der Waals surface area contributed by atoms with Gasteiger partial charge in [0.15, 0.2) is 0 Å². The molecule has 6 nitrogen and oxygen atoms in total. The number of aliphatic hydroxyl groups excluding tert-OH is 1. The molecule has 2 aliphatic heterocycles. The largest absolute Gasteiger partial charge is 0.395 e. The van der Waals surface area contributed by atoms with Crippen molar-refractivity contribution in [3.8, 4) is 0 Å². The molecule has 1 aromatic rings. The molecule has 0 unspecified atom stereocenters. The summed E-state index contributed by atoms with van der Waals surface area (Å²) in [6.45, 7) is 1.40. The van der Waals surface area contributed by atoms with Crippen LogP contribution in [0.1, 0.15) is 11.1 Å². The summed E-state index contributed by atoms with van der Waals surface area (Å²) < 4.78 is 1.05. The number of imide groups is 1. The lowest BCUT2D eigenvalue weighted by atomic mass is 9.99. The molecule has 0 bridgehead atoms. The Morgan fingerprint density at radius 2 is 2.14 bits per heavy atom. The number of nitrogens with one attached hydrogen (secondary N) is 2. The zero-order valence-corrected chi connectivity index (χ0v) is 13.4. The van der Waals surface area contributed by atoms with Crippen LogP contribution in [0.3, 0.4) is 0 Å². The molecule has 0 saturated carbocycles. The van der Waals surface area contributed by atoms with E-state index in [1.165, 1.54) is 11.6 Å². The summed E-state index contributed by atoms with van der Waals surface area (Å²) in [5.41, 5.74) is 3.38. The Morgan fingerprint density at radius 3 is 2.91 bits per heavy atom. The van der Waals surface area contributed by atoms with Crippen molar-refractivity contribution in [1.82, 2.24) is 10.2 Å². The SMILES string of the molecule is O=C1C=C(Nc2ccc(Br)c3c2CNCC3)C(=O)N1CCO. The minimum atomic E-state index is -0.403. The van der Waals surface area contributed by atoms with Crippen LogP contribution < -0.4 is 10.6 Å². The average molecular weight is 366 g/mol. The summed E-state index contributed by atoms with van der Waals surface area (Å²) in [5.74, 6) is -0.801. The summed E-state index contributed by atoms with van der Waals surface area (Å²) >= 11 is 3.55. The van der Waals surface area contributed by atoms with E-state index in [9.17, 15) is 9.59 Å². The number of hydrogen-bond donors (Lipinski definition) is 3. The number of nitrogens with zero attached hydrogens (tertiary/aromatic N) is 1. The van der Waals surface area contributed by atoms with Crippen LogP contribution in [0.5, 0.6) is 0 Å². The van der Waals surface area contributed by atoms with E-state index in [2.05, 4.69) is 26.6 Å². The van der Waals surface area contributed by atoms with Gasteiger partial charge in [-0.1, -0.05) is 15.9 Å². The van der Waals surface area contributed by atoms with Crippen LogP contribution in [-0.4, -0.2) is 41.5 Å². The lowest BCUT2D eigenvalue weighted by Gasteiger charge is -2.22. The summed E-state index contributed by atoms with van der Waals surface area (Å²) in [6, 6.07) is 3.84. The zero-order valence-electron chi connectivity index (χ0n) is 11.9. The van der Waals surface area contributed by atoms with Gasteiger partial charge in [0.2, 0.25) is 0 Å². The van der Waals surface area contributed by atoms with Crippen molar-refractivity contribution in [2.45, 2.75) is 13.0 Å². The van der Waals surface area contributed by atoms with Gasteiger partial charge < -0.3 is 15.7 Å². The zero-order chi connectivity index (χ0) is 15.7. The maximum Gasteiger partial charge on any atom is 0.277 e. The molecule has 0 radical (unpaired) electrons. The van der Waals surface area contributed by atoms with Gasteiger partial charge >= 0.3 is 0 Å². The predicted molar refractivity (Wildman–Crippen MR) is 85.1 cm³/mol. The van der Waals surface area contributed by atoms with Gasteiger partial charge in [0.05, 0.1) is 13.2 Å². The number of carbonyl (C=O) groups is 2. The number of hydrogen-bond acceptors (Lipinski definition) is 5. The van der Waals surface area contributed by atoms with E-state index < -0.39 is 11.8 Å². The first-order chi connectivity index (χ1) is 10.6. The maximum absolute atomic E-state index is 12.2. The number of benzene rings is 1. The molecule has 1 aromatic carbocycles. The van der Waals surface area contributed by atoms with Crippen LogP contribution in [0.15, 0.2) is 28.4 Å². The van der Waals surface area contributed by atoms with Crippen molar-refractivity contribution in [3.63, 3.8) is 0 Å². The molecule has 3 N–H and O–H groups in total. The highest BCUT2D eigenvalue weighted by Gasteiger charge is 2.31. The van der Waals surface area contributed by atoms with E-state index >= 15 is 0 Å². The molecular formula is C15H16BrN3O3. The van der Waals surface area contributed by atoms with E-state index in [0.717, 1.165) is 33.6 Å². The van der Waals surface area contributed by atoms with Crippen LogP contribution in [0, 0.1) is 0 Å². The molecule has 7 heteroatoms. The smallest absolute Gasteiger partial charge is 0.277 e. The minimum absolute atomic E-state index is 0.0132. The maximum atomic E-state index is 12.2. The van der Waals surface area contributed by atoms with Crippen LogP contribution in [-0.2, 0) is 22.6 Å². The van der Waals surface area contributed by atoms with Crippen molar-refractivity contribution in [3.05, 3.63) is 39.5 Å². The molecule has 3 rings (SSSR count). The predicted octanol–water partition coefficient (Wildman–Crippen LogP) is 0.752. The number of anilines is 1. The molecule has 0 spiro atoms. The quantitative estimate of drug-likeness (QED) is 0.686. The number of halogens is 1. The summed E-state index contributed by atoms with van der Waals surface area (Å²) in [4.78, 5) is 25.0. The van der Waals surface area contributed by atoms with Gasteiger partial charge in [0.25, 0.3) is 11.8 Å². The van der Waals surface area contributed by atoms with E-state index in [-0.39, 0.29) is 18.8 Å². The standard InChI is InChI=1S/C15H16BrN3O3/c16-11-1-2-12(10-8-17-4-3-9(10)11)18-13-7-14(21)19(5-6-20)15(13)22/h1-2,7,17-18,20H,3-6,8H2. The second-order valence-corrected chi connectivity index (χ2v) is 6.03. The van der Waals surface area contributed by atoms with Crippen LogP contribution >= 0.6 is 15.9 Å². The Kier molecular flexibility index (Phi) is 4.28. The summed E-state index contributed by atoms with van der Waals surface area (Å²) in [6.07, 6.45) is 2.19. The third-order valence-corrected chi connectivity index (χ3v) is 4.57. The molecule has 2 heterocycles. The first-order valence-corrected chi connectivity index (χ1v) is 7.87. The minimum Gasteiger partial charge on any atom is -0.395 e. The van der Waals surface area contributed by atoms with Crippen molar-refractivity contribution in [2.24, 2.45) is 0 Å². The van der Waals surface area contributed by atoms with Crippen LogP contribution in [0.4, 0.5) is 5.69 Å². The molecule has 2 amide bonds. The number of carbonyl (C=O) groups excluding carboxylic acids is 2. The Bertz CT molecular complexity index is 672. The average Bonchev–Trinajstić information content (AvgIpc) is 2.78. The summed E-state index contributed by atoms with van der Waals surface area (Å²) in [5, 5.41) is 15.3. The van der Waals surface area contributed by atoms with Gasteiger partial charge in [0, 0.05) is 22.8 Å². The number of aliphatic hydroxyl groups is 1. The van der Waals surface area contributed by atoms with Crippen molar-refractivity contribution < 1.29 is 14.7 Å². The normalized spacial score (nSPS) is 17.5. The second kappa shape index (κ2) is 6.20. The molecule has 0 aromatic heterocycles. The Hall–Kier alpha value is -1.70. The Morgan fingerprint density at radius 1 is 1.32 bits per heavy atom. The highest BCUT2D eigenvalue weighted by atomic mass is 79.9. The molecule has 2 aliphatic rings. The molecular weight excluding hydrogens is 350 g/mol. The summed E-state index contributed by atoms with van der Waals surface area (Å²) in [7, 11) is 0. The first kappa shape index (κ1) is 15.2. The molecule has 116 valence electrons. The fourth-order valence-corrected chi connectivity index (χ4v) is 3.31. The monoisotopic (exact) mass is 365 g/mol. The third kappa shape index (κ3) is 2.67. The van der Waals surface area contributed by atoms with Gasteiger partial charge in [-0.2, -0.15) is 0 Å². The first-order valence-electron chi connectivity index (χ1n) is 7.08. The van der Waals surface area contributed by atoms with Gasteiger partial charge in [0.1, 0.15) is 5.70 Å². The lowest BCUT2D eigenvalue weighted by molar-refractivity contribution is -0.137. The van der Waals surface area contributed by atoms with Crippen LogP contribution in [0.25, 0.3) is 0 Å². The van der Waals surface area contributed by atoms with Crippen molar-refractivity contribution in [2.75, 3.05) is 25.0 Å². The topological polar surface area (TPSA) is 81.7 Å². The lowest BCUT2D eigenvalue weighted by Crippen LogP contribution is -2.34. The second-order valence-electron chi connectivity index (χ2n) is 5.18. The number of β-amino-alcohol motifs (C(OH)–C–C–N with tert-alkyl or cyclic N) is 1. The van der Waals surface area contributed by atoms with Crippen LogP contribution in [0.2, 0.25) is 0 Å². The van der Waals surface area contributed by atoms with E-state index in [1.54, 1.807) is 0 Å². The number of rotatable bonds is 4. The highest BCUT2D eigenvalue weighted by molar-refractivity contribution is 9.10. The fraction of sp³-hybridized carbons (Fsp3) is 0.333. The van der Waals surface area contributed by atoms with E-state index in [1.807, 2.05) is 12.1 Å². The van der Waals surface area contributed by atoms with E-state index in [4.69, 9.17) is 5.11 Å². The van der Waals surface area contributed by atoms with Crippen molar-refractivity contribution >= 4 is 33.4 Å². The van der Waals surface area contributed by atoms with Gasteiger partial charge in [-0.3, -0.25) is 14.5 Å². The molecule has 0 atom stereocenters. The van der Waals surface area contributed by atoms with E-state index in [0.29, 0.717) is 6.54 Å². The Labute approximate surface area is 136 Å². The van der Waals surface area contributed by atoms with Gasteiger partial charge in [-0.15, -0.1) is 0 Å². The number of fused-ring (bicyclic) bond motifs is 1. The fourth-order valence-electron chi connectivity index (χ4n) is 2.74. The molecule has 0 saturated heterocycles. The van der Waals surface area contributed by atoms with Gasteiger partial charge in [-0.05, 0) is 36.2 Å². The molecule has 0 aliphatic carbocycles. The Balaban J connectivity index is 1.87. The molecule has 22 heavy (non-hydrogen) atoms. The highest BCUT2D eigenvalue weighted by Crippen LogP contribution is 2.31. The van der Waals surface area contributed by atoms with Gasteiger partial charge in [-0.25, -0.2) is 0 Å². The third-order valence-electron chi connectivity index (χ3n) is 3.83. The molecule has 0 fully saturated rings. The number of amides is 2.